The van der Waals surface area contributed by atoms with Crippen LogP contribution in [0.15, 0.2) is 0 Å². The minimum absolute atomic E-state index is 0.420. The Morgan fingerprint density at radius 2 is 1.94 bits per heavy atom. The van der Waals surface area contributed by atoms with Crippen LogP contribution in [0.25, 0.3) is 0 Å². The van der Waals surface area contributed by atoms with E-state index in [1.54, 1.807) is 0 Å². The fraction of sp³-hybridized carbons (Fsp3) is 0.909. The van der Waals surface area contributed by atoms with E-state index in [0.29, 0.717) is 12.5 Å². The van der Waals surface area contributed by atoms with E-state index in [0.717, 1.165) is 19.6 Å². The summed E-state index contributed by atoms with van der Waals surface area (Å²) in [6.07, 6.45) is 0.626. The molecule has 0 saturated carbocycles. The van der Waals surface area contributed by atoms with Crippen LogP contribution in [0.3, 0.4) is 0 Å². The molecule has 16 heavy (non-hydrogen) atoms. The summed E-state index contributed by atoms with van der Waals surface area (Å²) in [5, 5.41) is 0. The number of hydrogen-bond acceptors (Lipinski definition) is 4. The van der Waals surface area contributed by atoms with Gasteiger partial charge in [-0.05, 0) is 34.0 Å². The van der Waals surface area contributed by atoms with Crippen molar-refractivity contribution in [3.05, 3.63) is 0 Å². The van der Waals surface area contributed by atoms with Gasteiger partial charge in [0.15, 0.2) is 0 Å². The Bertz CT molecular complexity index is 208. The van der Waals surface area contributed by atoms with E-state index in [1.165, 1.54) is 0 Å². The molecule has 0 fully saturated rings. The number of nitrogens with two attached hydrogens (primary N) is 2. The summed E-state index contributed by atoms with van der Waals surface area (Å²) in [6, 6.07) is -0.0688. The van der Waals surface area contributed by atoms with Crippen molar-refractivity contribution >= 4 is 5.91 Å². The van der Waals surface area contributed by atoms with Crippen LogP contribution < -0.4 is 11.5 Å². The topological polar surface area (TPSA) is 75.6 Å². The van der Waals surface area contributed by atoms with E-state index >= 15 is 0 Å². The molecule has 0 aliphatic rings. The zero-order chi connectivity index (χ0) is 12.7. The fourth-order valence-electron chi connectivity index (χ4n) is 1.78. The summed E-state index contributed by atoms with van der Waals surface area (Å²) >= 11 is 0. The Morgan fingerprint density at radius 1 is 1.38 bits per heavy atom. The molecule has 0 aromatic heterocycles. The minimum Gasteiger partial charge on any atom is -0.368 e. The molecule has 2 atom stereocenters. The molecule has 0 radical (unpaired) electrons. The summed E-state index contributed by atoms with van der Waals surface area (Å²) in [7, 11) is 4.11. The monoisotopic (exact) mass is 230 g/mol. The summed E-state index contributed by atoms with van der Waals surface area (Å²) in [5.74, 6) is -0.420. The lowest BCUT2D eigenvalue weighted by atomic mass is 10.1. The van der Waals surface area contributed by atoms with Crippen LogP contribution in [0.2, 0.25) is 0 Å². The fourth-order valence-corrected chi connectivity index (χ4v) is 1.78. The number of carbonyl (C=O) groups excluding carboxylic acids is 1. The van der Waals surface area contributed by atoms with E-state index in [9.17, 15) is 4.79 Å². The van der Waals surface area contributed by atoms with Crippen molar-refractivity contribution in [2.45, 2.75) is 32.4 Å². The molecule has 4 N–H and O–H groups in total. The van der Waals surface area contributed by atoms with Gasteiger partial charge in [-0.25, -0.2) is 0 Å². The Labute approximate surface area is 98.7 Å². The number of primary amides is 1. The van der Waals surface area contributed by atoms with Crippen LogP contribution in [-0.2, 0) is 4.79 Å². The van der Waals surface area contributed by atoms with Crippen molar-refractivity contribution in [2.75, 3.05) is 33.7 Å². The van der Waals surface area contributed by atoms with Crippen LogP contribution in [0.1, 0.15) is 20.3 Å². The summed E-state index contributed by atoms with van der Waals surface area (Å²) in [5.41, 5.74) is 10.7. The number of amides is 1. The normalized spacial score (nSPS) is 15.4. The largest absolute Gasteiger partial charge is 0.368 e. The first-order valence-corrected chi connectivity index (χ1v) is 5.82. The van der Waals surface area contributed by atoms with Gasteiger partial charge in [0.1, 0.15) is 0 Å². The first kappa shape index (κ1) is 15.3. The van der Waals surface area contributed by atoms with E-state index < -0.39 is 11.9 Å². The molecule has 2 unspecified atom stereocenters. The van der Waals surface area contributed by atoms with Crippen LogP contribution >= 0.6 is 0 Å². The number of nitrogens with zero attached hydrogens (tertiary/aromatic N) is 2. The molecule has 0 bridgehead atoms. The third kappa shape index (κ3) is 6.05. The van der Waals surface area contributed by atoms with Gasteiger partial charge < -0.3 is 16.4 Å². The highest BCUT2D eigenvalue weighted by Crippen LogP contribution is 2.02. The van der Waals surface area contributed by atoms with Gasteiger partial charge >= 0.3 is 0 Å². The molecule has 5 nitrogen and oxygen atoms in total. The van der Waals surface area contributed by atoms with E-state index in [1.807, 2.05) is 0 Å². The maximum atomic E-state index is 10.8. The van der Waals surface area contributed by atoms with Gasteiger partial charge in [0, 0.05) is 19.1 Å². The molecule has 0 aliphatic heterocycles. The van der Waals surface area contributed by atoms with Gasteiger partial charge in [0.25, 0.3) is 0 Å². The maximum absolute atomic E-state index is 10.8. The molecule has 0 saturated heterocycles. The average Bonchev–Trinajstić information content (AvgIpc) is 2.16. The van der Waals surface area contributed by atoms with Crippen LogP contribution in [0.5, 0.6) is 0 Å². The Kier molecular flexibility index (Phi) is 7.29. The second-order valence-electron chi connectivity index (χ2n) is 4.54. The molecular formula is C11H26N4O. The molecule has 96 valence electrons. The number of carbonyl (C=O) groups is 1. The van der Waals surface area contributed by atoms with E-state index in [4.69, 9.17) is 11.5 Å². The molecule has 5 heteroatoms. The molecule has 0 aromatic carbocycles. The van der Waals surface area contributed by atoms with Crippen molar-refractivity contribution in [3.8, 4) is 0 Å². The predicted octanol–water partition coefficient (Wildman–Crippen LogP) is -0.539. The molecular weight excluding hydrogens is 204 g/mol. The standard InChI is InChI=1S/C11H26N4O/c1-5-15(9(2)8-14(3)4)7-6-10(12)11(13)16/h9-10H,5-8,12H2,1-4H3,(H2,13,16). The smallest absolute Gasteiger partial charge is 0.234 e. The molecule has 0 spiro atoms. The lowest BCUT2D eigenvalue weighted by molar-refractivity contribution is -0.119. The Balaban J connectivity index is 4.04. The summed E-state index contributed by atoms with van der Waals surface area (Å²) < 4.78 is 0. The van der Waals surface area contributed by atoms with Crippen LogP contribution in [0.4, 0.5) is 0 Å². The van der Waals surface area contributed by atoms with Crippen molar-refractivity contribution < 1.29 is 4.79 Å². The number of hydrogen-bond donors (Lipinski definition) is 2. The third-order valence-corrected chi connectivity index (χ3v) is 2.75. The Hall–Kier alpha value is -0.650. The van der Waals surface area contributed by atoms with Crippen molar-refractivity contribution in [2.24, 2.45) is 11.5 Å². The van der Waals surface area contributed by atoms with E-state index in [2.05, 4.69) is 37.7 Å². The Morgan fingerprint density at radius 3 is 2.31 bits per heavy atom. The average molecular weight is 230 g/mol. The van der Waals surface area contributed by atoms with E-state index in [-0.39, 0.29) is 0 Å². The molecule has 1 amide bonds. The van der Waals surface area contributed by atoms with Gasteiger partial charge in [0.2, 0.25) is 5.91 Å². The maximum Gasteiger partial charge on any atom is 0.234 e. The second kappa shape index (κ2) is 7.60. The second-order valence-corrected chi connectivity index (χ2v) is 4.54. The van der Waals surface area contributed by atoms with Gasteiger partial charge in [-0.1, -0.05) is 6.92 Å². The highest BCUT2D eigenvalue weighted by Gasteiger charge is 2.15. The number of rotatable bonds is 8. The third-order valence-electron chi connectivity index (χ3n) is 2.75. The van der Waals surface area contributed by atoms with Gasteiger partial charge in [-0.3, -0.25) is 9.69 Å². The van der Waals surface area contributed by atoms with Crippen molar-refractivity contribution in [3.63, 3.8) is 0 Å². The summed E-state index contributed by atoms with van der Waals surface area (Å²) in [6.45, 7) is 7.07. The highest BCUT2D eigenvalue weighted by molar-refractivity contribution is 5.79. The van der Waals surface area contributed by atoms with Crippen LogP contribution in [-0.4, -0.2) is 61.5 Å². The van der Waals surface area contributed by atoms with Gasteiger partial charge in [0.05, 0.1) is 6.04 Å². The molecule has 0 aliphatic carbocycles. The lowest BCUT2D eigenvalue weighted by Gasteiger charge is -2.30. The number of likely N-dealkylation sites (N-methyl/N-ethyl adjacent to an activating group) is 2. The SMILES string of the molecule is CCN(CCC(N)C(N)=O)C(C)CN(C)C. The van der Waals surface area contributed by atoms with Crippen molar-refractivity contribution in [1.82, 2.24) is 9.80 Å². The van der Waals surface area contributed by atoms with Gasteiger partial charge in [-0.2, -0.15) is 0 Å². The zero-order valence-corrected chi connectivity index (χ0v) is 10.9. The zero-order valence-electron chi connectivity index (χ0n) is 10.9. The lowest BCUT2D eigenvalue weighted by Crippen LogP contribution is -2.44. The van der Waals surface area contributed by atoms with Crippen LogP contribution in [0, 0.1) is 0 Å². The molecule has 0 rings (SSSR count). The first-order chi connectivity index (χ1) is 7.38. The molecule has 0 aromatic rings. The predicted molar refractivity (Wildman–Crippen MR) is 67.0 cm³/mol. The quantitative estimate of drug-likeness (QED) is 0.587. The minimum atomic E-state index is -0.527. The van der Waals surface area contributed by atoms with Gasteiger partial charge in [-0.15, -0.1) is 0 Å². The first-order valence-electron chi connectivity index (χ1n) is 5.82. The molecule has 0 heterocycles. The van der Waals surface area contributed by atoms with Crippen molar-refractivity contribution in [1.29, 1.82) is 0 Å². The highest BCUT2D eigenvalue weighted by atomic mass is 16.1. The summed E-state index contributed by atoms with van der Waals surface area (Å²) in [4.78, 5) is 15.3.